The summed E-state index contributed by atoms with van der Waals surface area (Å²) in [6.07, 6.45) is -4.70. The predicted octanol–water partition coefficient (Wildman–Crippen LogP) is 5.38. The van der Waals surface area contributed by atoms with E-state index in [1.807, 2.05) is 30.5 Å². The normalized spacial score (nSPS) is 11.9. The summed E-state index contributed by atoms with van der Waals surface area (Å²) in [7, 11) is 0. The number of halogens is 4. The molecule has 23 heavy (non-hydrogen) atoms. The van der Waals surface area contributed by atoms with Gasteiger partial charge in [-0.2, -0.15) is 13.2 Å². The Kier molecular flexibility index (Phi) is 3.75. The zero-order valence-electron chi connectivity index (χ0n) is 12.3. The molecule has 0 aliphatic heterocycles. The molecule has 2 aromatic heterocycles. The van der Waals surface area contributed by atoms with E-state index in [0.717, 1.165) is 23.5 Å². The fourth-order valence-corrected chi connectivity index (χ4v) is 3.32. The van der Waals surface area contributed by atoms with Crippen molar-refractivity contribution < 1.29 is 17.6 Å². The summed E-state index contributed by atoms with van der Waals surface area (Å²) in [5, 5.41) is 2.40. The molecule has 0 bridgehead atoms. The van der Waals surface area contributed by atoms with Crippen LogP contribution in [0.15, 0.2) is 35.7 Å². The quantitative estimate of drug-likeness (QED) is 0.573. The van der Waals surface area contributed by atoms with Gasteiger partial charge in [-0.1, -0.05) is 6.07 Å². The molecule has 2 nitrogen and oxygen atoms in total. The highest BCUT2D eigenvalue weighted by atomic mass is 32.1. The lowest BCUT2D eigenvalue weighted by atomic mass is 10.1. The first-order valence-corrected chi connectivity index (χ1v) is 7.63. The summed E-state index contributed by atoms with van der Waals surface area (Å²) >= 11 is 1.35. The summed E-state index contributed by atoms with van der Waals surface area (Å²) in [4.78, 5) is 4.41. The highest BCUT2D eigenvalue weighted by molar-refractivity contribution is 7.12. The maximum absolute atomic E-state index is 13.7. The molecule has 0 amide bonds. The Labute approximate surface area is 134 Å². The van der Waals surface area contributed by atoms with Gasteiger partial charge < -0.3 is 0 Å². The van der Waals surface area contributed by atoms with Crippen LogP contribution in [0.2, 0.25) is 0 Å². The van der Waals surface area contributed by atoms with E-state index >= 15 is 0 Å². The second kappa shape index (κ2) is 5.49. The van der Waals surface area contributed by atoms with Gasteiger partial charge in [-0.25, -0.2) is 9.37 Å². The van der Waals surface area contributed by atoms with Gasteiger partial charge in [0, 0.05) is 22.3 Å². The number of thiazole rings is 1. The van der Waals surface area contributed by atoms with Crippen molar-refractivity contribution in [3.63, 3.8) is 0 Å². The van der Waals surface area contributed by atoms with Crippen molar-refractivity contribution in [2.24, 2.45) is 0 Å². The molecule has 0 aliphatic rings. The van der Waals surface area contributed by atoms with Gasteiger partial charge in [0.1, 0.15) is 5.82 Å². The van der Waals surface area contributed by atoms with Crippen LogP contribution in [0.3, 0.4) is 0 Å². The molecule has 0 fully saturated rings. The van der Waals surface area contributed by atoms with Crippen molar-refractivity contribution in [1.29, 1.82) is 0 Å². The SMILES string of the molecule is Cc1ccc(C)n1-c1nc(-c2ccc(C(F)(F)F)c(F)c2)cs1. The van der Waals surface area contributed by atoms with Crippen LogP contribution >= 0.6 is 11.3 Å². The van der Waals surface area contributed by atoms with Crippen LogP contribution < -0.4 is 0 Å². The fourth-order valence-electron chi connectivity index (χ4n) is 2.37. The summed E-state index contributed by atoms with van der Waals surface area (Å²) < 4.78 is 53.4. The Morgan fingerprint density at radius 3 is 2.26 bits per heavy atom. The molecule has 0 spiro atoms. The smallest absolute Gasteiger partial charge is 0.295 e. The van der Waals surface area contributed by atoms with E-state index in [4.69, 9.17) is 0 Å². The Hall–Kier alpha value is -2.15. The van der Waals surface area contributed by atoms with Gasteiger partial charge in [0.2, 0.25) is 0 Å². The molecule has 0 radical (unpaired) electrons. The van der Waals surface area contributed by atoms with Gasteiger partial charge in [-0.05, 0) is 38.1 Å². The largest absolute Gasteiger partial charge is 0.419 e. The van der Waals surface area contributed by atoms with Crippen LogP contribution in [0.25, 0.3) is 16.4 Å². The number of alkyl halides is 3. The van der Waals surface area contributed by atoms with E-state index in [2.05, 4.69) is 4.98 Å². The number of hydrogen-bond acceptors (Lipinski definition) is 2. The van der Waals surface area contributed by atoms with Crippen molar-refractivity contribution in [2.45, 2.75) is 20.0 Å². The highest BCUT2D eigenvalue weighted by Gasteiger charge is 2.34. The number of aryl methyl sites for hydroxylation is 2. The van der Waals surface area contributed by atoms with Crippen LogP contribution in [-0.2, 0) is 6.18 Å². The van der Waals surface area contributed by atoms with Crippen LogP contribution in [0.5, 0.6) is 0 Å². The molecule has 7 heteroatoms. The minimum atomic E-state index is -4.70. The van der Waals surface area contributed by atoms with E-state index in [1.165, 1.54) is 17.4 Å². The van der Waals surface area contributed by atoms with Crippen molar-refractivity contribution in [3.05, 3.63) is 58.5 Å². The van der Waals surface area contributed by atoms with Crippen molar-refractivity contribution in [1.82, 2.24) is 9.55 Å². The standard InChI is InChI=1S/C16H12F4N2S/c1-9-3-4-10(2)22(9)15-21-14(8-23-15)11-5-6-12(13(17)7-11)16(18,19)20/h3-8H,1-2H3. The zero-order chi connectivity index (χ0) is 16.8. The third-order valence-electron chi connectivity index (χ3n) is 3.52. The molecule has 2 heterocycles. The van der Waals surface area contributed by atoms with E-state index in [0.29, 0.717) is 16.4 Å². The second-order valence-corrected chi connectivity index (χ2v) is 6.00. The molecule has 0 aliphatic carbocycles. The Morgan fingerprint density at radius 1 is 1.04 bits per heavy atom. The lowest BCUT2D eigenvalue weighted by Crippen LogP contribution is -2.07. The summed E-state index contributed by atoms with van der Waals surface area (Å²) in [6.45, 7) is 3.87. The number of hydrogen-bond donors (Lipinski definition) is 0. The van der Waals surface area contributed by atoms with E-state index < -0.39 is 17.6 Å². The topological polar surface area (TPSA) is 17.8 Å². The molecular formula is C16H12F4N2S. The van der Waals surface area contributed by atoms with Gasteiger partial charge in [0.15, 0.2) is 5.13 Å². The average Bonchev–Trinajstić information content (AvgIpc) is 3.04. The van der Waals surface area contributed by atoms with E-state index in [9.17, 15) is 17.6 Å². The number of nitrogens with zero attached hydrogens (tertiary/aromatic N) is 2. The molecule has 0 atom stereocenters. The van der Waals surface area contributed by atoms with Crippen molar-refractivity contribution in [2.75, 3.05) is 0 Å². The average molecular weight is 340 g/mol. The molecule has 0 unspecified atom stereocenters. The van der Waals surface area contributed by atoms with E-state index in [-0.39, 0.29) is 0 Å². The van der Waals surface area contributed by atoms with Gasteiger partial charge in [0.05, 0.1) is 11.3 Å². The van der Waals surface area contributed by atoms with Gasteiger partial charge >= 0.3 is 6.18 Å². The monoisotopic (exact) mass is 340 g/mol. The first kappa shape index (κ1) is 15.7. The van der Waals surface area contributed by atoms with Gasteiger partial charge in [0.25, 0.3) is 0 Å². The molecule has 3 aromatic rings. The highest BCUT2D eigenvalue weighted by Crippen LogP contribution is 2.34. The molecule has 3 rings (SSSR count). The maximum atomic E-state index is 13.7. The minimum absolute atomic E-state index is 0.320. The van der Waals surface area contributed by atoms with Gasteiger partial charge in [-0.3, -0.25) is 4.57 Å². The first-order chi connectivity index (χ1) is 10.8. The summed E-state index contributed by atoms with van der Waals surface area (Å²) in [6, 6.07) is 6.76. The Balaban J connectivity index is 2.00. The van der Waals surface area contributed by atoms with Crippen LogP contribution in [0, 0.1) is 19.7 Å². The number of rotatable bonds is 2. The van der Waals surface area contributed by atoms with Crippen LogP contribution in [-0.4, -0.2) is 9.55 Å². The van der Waals surface area contributed by atoms with Crippen LogP contribution in [0.1, 0.15) is 17.0 Å². The summed E-state index contributed by atoms with van der Waals surface area (Å²) in [5.74, 6) is -1.29. The Bertz CT molecular complexity index is 842. The first-order valence-electron chi connectivity index (χ1n) is 6.75. The third-order valence-corrected chi connectivity index (χ3v) is 4.35. The molecule has 0 N–H and O–H groups in total. The zero-order valence-corrected chi connectivity index (χ0v) is 13.1. The number of aromatic nitrogens is 2. The maximum Gasteiger partial charge on any atom is 0.419 e. The van der Waals surface area contributed by atoms with Crippen LogP contribution in [0.4, 0.5) is 17.6 Å². The number of benzene rings is 1. The minimum Gasteiger partial charge on any atom is -0.295 e. The van der Waals surface area contributed by atoms with Crippen molar-refractivity contribution >= 4 is 11.3 Å². The van der Waals surface area contributed by atoms with Crippen molar-refractivity contribution in [3.8, 4) is 16.4 Å². The molecule has 1 aromatic carbocycles. The molecular weight excluding hydrogens is 328 g/mol. The molecule has 0 saturated heterocycles. The molecule has 120 valence electrons. The Morgan fingerprint density at radius 2 is 1.70 bits per heavy atom. The molecule has 0 saturated carbocycles. The lowest BCUT2D eigenvalue weighted by molar-refractivity contribution is -0.139. The second-order valence-electron chi connectivity index (χ2n) is 5.16. The lowest BCUT2D eigenvalue weighted by Gasteiger charge is -2.08. The predicted molar refractivity (Wildman–Crippen MR) is 81.3 cm³/mol. The fraction of sp³-hybridized carbons (Fsp3) is 0.188. The van der Waals surface area contributed by atoms with Gasteiger partial charge in [-0.15, -0.1) is 11.3 Å². The summed E-state index contributed by atoms with van der Waals surface area (Å²) in [5.41, 5.74) is 1.50. The van der Waals surface area contributed by atoms with E-state index in [1.54, 1.807) is 5.38 Å². The third kappa shape index (κ3) is 2.88.